The molecule has 0 aliphatic carbocycles. The number of nitrogens with zero attached hydrogens (tertiary/aromatic N) is 2. The molecule has 0 aliphatic rings. The molecule has 0 rings (SSSR count). The van der Waals surface area contributed by atoms with Crippen molar-refractivity contribution >= 4 is 29.3 Å². The molecule has 0 saturated carbocycles. The second-order valence-electron chi connectivity index (χ2n) is 8.09. The maximum atomic E-state index is 9.93. The van der Waals surface area contributed by atoms with Gasteiger partial charge < -0.3 is 29.6 Å². The van der Waals surface area contributed by atoms with E-state index in [-0.39, 0.29) is 32.3 Å². The minimum absolute atomic E-state index is 0. The SMILES string of the molecule is CC(C)CCCCC(=O)[O-].CC(C)CCCCC(=O)[O-].CN(C)C(=S)N(C)C.[Zn+2]. The summed E-state index contributed by atoms with van der Waals surface area (Å²) in [5, 5.41) is 20.7. The fourth-order valence-electron chi connectivity index (χ4n) is 2.04. The molecule has 168 valence electrons. The second-order valence-corrected chi connectivity index (χ2v) is 8.46. The van der Waals surface area contributed by atoms with Gasteiger partial charge in [0.25, 0.3) is 0 Å². The predicted molar refractivity (Wildman–Crippen MR) is 117 cm³/mol. The van der Waals surface area contributed by atoms with Gasteiger partial charge in [-0.2, -0.15) is 0 Å². The Hall–Kier alpha value is -0.747. The molecule has 0 aromatic rings. The van der Waals surface area contributed by atoms with E-state index in [1.54, 1.807) is 0 Å². The summed E-state index contributed by atoms with van der Waals surface area (Å²) >= 11 is 4.95. The molecule has 0 bridgehead atoms. The monoisotopic (exact) mass is 482 g/mol. The van der Waals surface area contributed by atoms with E-state index in [2.05, 4.69) is 27.7 Å². The van der Waals surface area contributed by atoms with Gasteiger partial charge >= 0.3 is 19.5 Å². The van der Waals surface area contributed by atoms with Gasteiger partial charge in [0.15, 0.2) is 5.11 Å². The molecule has 0 fully saturated rings. The van der Waals surface area contributed by atoms with Crippen LogP contribution in [-0.4, -0.2) is 55.0 Å². The van der Waals surface area contributed by atoms with Gasteiger partial charge in [0.1, 0.15) is 0 Å². The van der Waals surface area contributed by atoms with Crippen molar-refractivity contribution < 1.29 is 39.3 Å². The van der Waals surface area contributed by atoms with Gasteiger partial charge in [0, 0.05) is 40.1 Å². The Morgan fingerprint density at radius 3 is 1.14 bits per heavy atom. The average molecular weight is 484 g/mol. The van der Waals surface area contributed by atoms with Crippen molar-refractivity contribution in [3.63, 3.8) is 0 Å². The van der Waals surface area contributed by atoms with Gasteiger partial charge in [-0.25, -0.2) is 0 Å². The number of aliphatic carboxylic acids is 2. The van der Waals surface area contributed by atoms with Crippen LogP contribution in [0.1, 0.15) is 79.1 Å². The minimum atomic E-state index is -0.927. The first-order valence-electron chi connectivity index (χ1n) is 10.1. The third-order valence-electron chi connectivity index (χ3n) is 3.59. The molecular formula is C21H42N2O4SZn. The van der Waals surface area contributed by atoms with Crippen LogP contribution in [0.25, 0.3) is 0 Å². The van der Waals surface area contributed by atoms with E-state index in [9.17, 15) is 19.8 Å². The molecule has 0 N–H and O–H groups in total. The molecule has 29 heavy (non-hydrogen) atoms. The van der Waals surface area contributed by atoms with Crippen molar-refractivity contribution in [3.8, 4) is 0 Å². The van der Waals surface area contributed by atoms with Crippen molar-refractivity contribution in [3.05, 3.63) is 0 Å². The number of thiocarbonyl (C=S) groups is 1. The zero-order valence-corrected chi connectivity index (χ0v) is 23.7. The first kappa shape index (κ1) is 35.7. The number of carboxylic acid groups (broad SMARTS) is 2. The molecule has 8 heteroatoms. The first-order valence-corrected chi connectivity index (χ1v) is 10.5. The standard InChI is InChI=1S/2C8H16O2.C5H12N2S.Zn/c2*1-7(2)5-3-4-6-8(9)10;1-6(2)5(8)7(3)4;/h2*7H,3-6H2,1-2H3,(H,9,10);1-4H3;/q;;;+2/p-2. The number of carbonyl (C=O) groups is 2. The molecule has 0 atom stereocenters. The Morgan fingerprint density at radius 2 is 1.00 bits per heavy atom. The van der Waals surface area contributed by atoms with Crippen LogP contribution in [-0.2, 0) is 29.1 Å². The topological polar surface area (TPSA) is 86.7 Å². The van der Waals surface area contributed by atoms with Crippen molar-refractivity contribution in [2.45, 2.75) is 79.1 Å². The van der Waals surface area contributed by atoms with Crippen LogP contribution >= 0.6 is 12.2 Å². The molecule has 0 saturated heterocycles. The predicted octanol–water partition coefficient (Wildman–Crippen LogP) is 2.30. The number of carboxylic acids is 2. The van der Waals surface area contributed by atoms with Gasteiger partial charge in [0.05, 0.1) is 0 Å². The Bertz CT molecular complexity index is 381. The summed E-state index contributed by atoms with van der Waals surface area (Å²) in [6.45, 7) is 8.55. The fourth-order valence-corrected chi connectivity index (χ4v) is 2.04. The zero-order chi connectivity index (χ0) is 22.7. The number of rotatable bonds is 10. The van der Waals surface area contributed by atoms with Gasteiger partial charge in [-0.15, -0.1) is 0 Å². The summed E-state index contributed by atoms with van der Waals surface area (Å²) < 4.78 is 0. The maximum Gasteiger partial charge on any atom is 2.00 e. The van der Waals surface area contributed by atoms with E-state index in [1.807, 2.05) is 38.0 Å². The van der Waals surface area contributed by atoms with Crippen LogP contribution < -0.4 is 10.2 Å². The molecule has 0 spiro atoms. The van der Waals surface area contributed by atoms with Crippen LogP contribution in [0.5, 0.6) is 0 Å². The Labute approximate surface area is 197 Å². The average Bonchev–Trinajstić information content (AvgIpc) is 2.55. The zero-order valence-electron chi connectivity index (χ0n) is 20.0. The van der Waals surface area contributed by atoms with E-state index >= 15 is 0 Å². The first-order chi connectivity index (χ1) is 12.8. The molecule has 0 amide bonds. The fraction of sp³-hybridized carbons (Fsp3) is 0.857. The molecule has 0 radical (unpaired) electrons. The third kappa shape index (κ3) is 38.5. The maximum absolute atomic E-state index is 9.93. The molecule has 0 aliphatic heterocycles. The van der Waals surface area contributed by atoms with Crippen LogP contribution in [0, 0.1) is 11.8 Å². The van der Waals surface area contributed by atoms with E-state index in [1.165, 1.54) is 0 Å². The largest absolute Gasteiger partial charge is 2.00 e. The molecular weight excluding hydrogens is 442 g/mol. The number of unbranched alkanes of at least 4 members (excludes halogenated alkanes) is 2. The van der Waals surface area contributed by atoms with Crippen molar-refractivity contribution in [1.82, 2.24) is 9.80 Å². The third-order valence-corrected chi connectivity index (χ3v) is 4.32. The summed E-state index contributed by atoms with van der Waals surface area (Å²) in [5.41, 5.74) is 0. The summed E-state index contributed by atoms with van der Waals surface area (Å²) in [5.74, 6) is -0.490. The van der Waals surface area contributed by atoms with Crippen molar-refractivity contribution in [2.24, 2.45) is 11.8 Å². The molecule has 0 aromatic carbocycles. The molecule has 0 aromatic heterocycles. The van der Waals surface area contributed by atoms with Crippen LogP contribution in [0.2, 0.25) is 0 Å². The Balaban J connectivity index is -0.000000160. The van der Waals surface area contributed by atoms with Gasteiger partial charge in [-0.3, -0.25) is 0 Å². The number of hydrogen-bond acceptors (Lipinski definition) is 5. The summed E-state index contributed by atoms with van der Waals surface area (Å²) in [6.07, 6.45) is 6.21. The smallest absolute Gasteiger partial charge is 0.550 e. The van der Waals surface area contributed by atoms with E-state index in [0.717, 1.165) is 43.6 Å². The van der Waals surface area contributed by atoms with Gasteiger partial charge in [0.2, 0.25) is 0 Å². The number of carbonyl (C=O) groups excluding carboxylic acids is 2. The van der Waals surface area contributed by atoms with E-state index in [4.69, 9.17) is 12.2 Å². The quantitative estimate of drug-likeness (QED) is 0.267. The van der Waals surface area contributed by atoms with E-state index < -0.39 is 11.9 Å². The van der Waals surface area contributed by atoms with Crippen molar-refractivity contribution in [1.29, 1.82) is 0 Å². The van der Waals surface area contributed by atoms with Gasteiger partial charge in [-0.1, -0.05) is 53.4 Å². The second kappa shape index (κ2) is 23.5. The molecule has 6 nitrogen and oxygen atoms in total. The van der Waals surface area contributed by atoms with Crippen LogP contribution in [0.3, 0.4) is 0 Å². The van der Waals surface area contributed by atoms with Crippen LogP contribution in [0.4, 0.5) is 0 Å². The summed E-state index contributed by atoms with van der Waals surface area (Å²) in [4.78, 5) is 23.7. The summed E-state index contributed by atoms with van der Waals surface area (Å²) in [6, 6.07) is 0. The van der Waals surface area contributed by atoms with Crippen molar-refractivity contribution in [2.75, 3.05) is 28.2 Å². The van der Waals surface area contributed by atoms with E-state index in [0.29, 0.717) is 11.8 Å². The minimum Gasteiger partial charge on any atom is -0.550 e. The molecule has 0 heterocycles. The molecule has 0 unspecified atom stereocenters. The van der Waals surface area contributed by atoms with Gasteiger partial charge in [-0.05, 0) is 49.7 Å². The normalized spacial score (nSPS) is 9.45. The number of hydrogen-bond donors (Lipinski definition) is 0. The summed E-state index contributed by atoms with van der Waals surface area (Å²) in [7, 11) is 7.73. The Morgan fingerprint density at radius 1 is 0.724 bits per heavy atom. The van der Waals surface area contributed by atoms with Crippen LogP contribution in [0.15, 0.2) is 0 Å². The Kier molecular flexibility index (Phi) is 28.9.